The minimum absolute atomic E-state index is 0.0667. The zero-order valence-corrected chi connectivity index (χ0v) is 8.38. The van der Waals surface area contributed by atoms with Crippen molar-refractivity contribution in [2.75, 3.05) is 0 Å². The van der Waals surface area contributed by atoms with Crippen molar-refractivity contribution in [3.05, 3.63) is 21.3 Å². The van der Waals surface area contributed by atoms with Crippen molar-refractivity contribution in [2.45, 2.75) is 31.4 Å². The Kier molecular flexibility index (Phi) is 1.92. The third-order valence-corrected chi connectivity index (χ3v) is 4.05. The SMILES string of the molecule is CC1(c2ccc(Cl)s2)CC(F)C1. The van der Waals surface area contributed by atoms with Crippen molar-refractivity contribution in [1.82, 2.24) is 0 Å². The van der Waals surface area contributed by atoms with Crippen molar-refractivity contribution >= 4 is 22.9 Å². The van der Waals surface area contributed by atoms with Crippen molar-refractivity contribution < 1.29 is 4.39 Å². The first-order valence-corrected chi connectivity index (χ1v) is 5.19. The van der Waals surface area contributed by atoms with Gasteiger partial charge in [-0.25, -0.2) is 4.39 Å². The lowest BCUT2D eigenvalue weighted by atomic mass is 9.68. The van der Waals surface area contributed by atoms with Crippen molar-refractivity contribution in [1.29, 1.82) is 0 Å². The van der Waals surface area contributed by atoms with E-state index < -0.39 is 6.17 Å². The van der Waals surface area contributed by atoms with E-state index >= 15 is 0 Å². The molecule has 1 fully saturated rings. The van der Waals surface area contributed by atoms with Crippen LogP contribution in [0.2, 0.25) is 4.34 Å². The van der Waals surface area contributed by atoms with Crippen LogP contribution < -0.4 is 0 Å². The van der Waals surface area contributed by atoms with Crippen LogP contribution in [0, 0.1) is 0 Å². The summed E-state index contributed by atoms with van der Waals surface area (Å²) in [7, 11) is 0. The monoisotopic (exact) mass is 204 g/mol. The normalized spacial score (nSPS) is 34.8. The number of halogens is 2. The van der Waals surface area contributed by atoms with E-state index in [0.29, 0.717) is 12.8 Å². The number of hydrogen-bond acceptors (Lipinski definition) is 1. The van der Waals surface area contributed by atoms with Gasteiger partial charge in [0.1, 0.15) is 6.17 Å². The van der Waals surface area contributed by atoms with E-state index in [9.17, 15) is 4.39 Å². The molecule has 0 amide bonds. The summed E-state index contributed by atoms with van der Waals surface area (Å²) in [5.41, 5.74) is 0.0667. The van der Waals surface area contributed by atoms with E-state index in [4.69, 9.17) is 11.6 Å². The molecule has 3 heteroatoms. The van der Waals surface area contributed by atoms with Gasteiger partial charge in [-0.1, -0.05) is 18.5 Å². The maximum Gasteiger partial charge on any atom is 0.102 e. The largest absolute Gasteiger partial charge is 0.247 e. The quantitative estimate of drug-likeness (QED) is 0.653. The molecule has 1 aliphatic carbocycles. The second kappa shape index (κ2) is 2.71. The van der Waals surface area contributed by atoms with Gasteiger partial charge in [-0.05, 0) is 25.0 Å². The third-order valence-electron chi connectivity index (χ3n) is 2.51. The average Bonchev–Trinajstić information content (AvgIpc) is 2.33. The summed E-state index contributed by atoms with van der Waals surface area (Å²) in [6.07, 6.45) is 0.712. The van der Waals surface area contributed by atoms with Crippen molar-refractivity contribution in [3.8, 4) is 0 Å². The van der Waals surface area contributed by atoms with Gasteiger partial charge >= 0.3 is 0 Å². The summed E-state index contributed by atoms with van der Waals surface area (Å²) in [4.78, 5) is 1.22. The molecule has 0 atom stereocenters. The predicted octanol–water partition coefficient (Wildman–Crippen LogP) is 3.79. The summed E-state index contributed by atoms with van der Waals surface area (Å²) in [6.45, 7) is 2.10. The predicted molar refractivity (Wildman–Crippen MR) is 50.8 cm³/mol. The molecule has 0 saturated heterocycles. The molecule has 0 nitrogen and oxygen atoms in total. The standard InChI is InChI=1S/C9H10ClFS/c1-9(4-6(11)5-9)7-2-3-8(10)12-7/h2-3,6H,4-5H2,1H3. The highest BCUT2D eigenvalue weighted by Gasteiger charge is 2.42. The number of hydrogen-bond donors (Lipinski definition) is 0. The summed E-state index contributed by atoms with van der Waals surface area (Å²) in [5.74, 6) is 0. The van der Waals surface area contributed by atoms with E-state index in [1.54, 1.807) is 11.3 Å². The molecule has 66 valence electrons. The molecule has 1 saturated carbocycles. The second-order valence-electron chi connectivity index (χ2n) is 3.67. The van der Waals surface area contributed by atoms with Crippen molar-refractivity contribution in [3.63, 3.8) is 0 Å². The molecule has 1 aromatic heterocycles. The van der Waals surface area contributed by atoms with Gasteiger partial charge in [-0.2, -0.15) is 0 Å². The Hall–Kier alpha value is -0.0800. The molecule has 0 aromatic carbocycles. The summed E-state index contributed by atoms with van der Waals surface area (Å²) in [5, 5.41) is 0. The Bertz CT molecular complexity index is 288. The molecule has 0 unspecified atom stereocenters. The maximum absolute atomic E-state index is 12.7. The first-order chi connectivity index (χ1) is 5.60. The Morgan fingerprint density at radius 1 is 1.58 bits per heavy atom. The zero-order valence-electron chi connectivity index (χ0n) is 6.81. The highest BCUT2D eigenvalue weighted by molar-refractivity contribution is 7.16. The van der Waals surface area contributed by atoms with Crippen LogP contribution in [-0.4, -0.2) is 6.17 Å². The van der Waals surface area contributed by atoms with Crippen LogP contribution in [0.15, 0.2) is 12.1 Å². The zero-order chi connectivity index (χ0) is 8.77. The van der Waals surface area contributed by atoms with Crippen LogP contribution in [0.5, 0.6) is 0 Å². The van der Waals surface area contributed by atoms with Gasteiger partial charge < -0.3 is 0 Å². The lowest BCUT2D eigenvalue weighted by Gasteiger charge is -2.40. The molecule has 1 aliphatic rings. The van der Waals surface area contributed by atoms with Gasteiger partial charge in [0.25, 0.3) is 0 Å². The van der Waals surface area contributed by atoms with Crippen LogP contribution in [0.4, 0.5) is 4.39 Å². The Morgan fingerprint density at radius 2 is 2.25 bits per heavy atom. The topological polar surface area (TPSA) is 0 Å². The fraction of sp³-hybridized carbons (Fsp3) is 0.556. The van der Waals surface area contributed by atoms with Crippen molar-refractivity contribution in [2.24, 2.45) is 0 Å². The van der Waals surface area contributed by atoms with E-state index in [0.717, 1.165) is 4.34 Å². The molecule has 0 bridgehead atoms. The lowest BCUT2D eigenvalue weighted by Crippen LogP contribution is -2.38. The summed E-state index contributed by atoms with van der Waals surface area (Å²) < 4.78 is 13.5. The van der Waals surface area contributed by atoms with Crippen LogP contribution in [-0.2, 0) is 5.41 Å². The van der Waals surface area contributed by atoms with Gasteiger partial charge in [0, 0.05) is 10.3 Å². The fourth-order valence-electron chi connectivity index (χ4n) is 1.76. The van der Waals surface area contributed by atoms with Gasteiger partial charge in [-0.15, -0.1) is 11.3 Å². The second-order valence-corrected chi connectivity index (χ2v) is 5.39. The van der Waals surface area contributed by atoms with E-state index in [1.807, 2.05) is 12.1 Å². The first kappa shape index (κ1) is 8.52. The molecule has 1 heterocycles. The van der Waals surface area contributed by atoms with Crippen LogP contribution in [0.25, 0.3) is 0 Å². The number of alkyl halides is 1. The Labute approximate surface area is 80.4 Å². The molecule has 2 rings (SSSR count). The highest BCUT2D eigenvalue weighted by atomic mass is 35.5. The summed E-state index contributed by atoms with van der Waals surface area (Å²) in [6, 6.07) is 3.90. The molecular formula is C9H10ClFS. The molecule has 1 aromatic rings. The van der Waals surface area contributed by atoms with Crippen LogP contribution >= 0.6 is 22.9 Å². The molecule has 0 N–H and O–H groups in total. The van der Waals surface area contributed by atoms with E-state index in [1.165, 1.54) is 4.88 Å². The Morgan fingerprint density at radius 3 is 2.67 bits per heavy atom. The van der Waals surface area contributed by atoms with Crippen LogP contribution in [0.3, 0.4) is 0 Å². The highest BCUT2D eigenvalue weighted by Crippen LogP contribution is 2.47. The summed E-state index contributed by atoms with van der Waals surface area (Å²) >= 11 is 7.38. The molecule has 0 spiro atoms. The van der Waals surface area contributed by atoms with E-state index in [2.05, 4.69) is 6.92 Å². The molecule has 0 radical (unpaired) electrons. The average molecular weight is 205 g/mol. The molecular weight excluding hydrogens is 195 g/mol. The fourth-order valence-corrected chi connectivity index (χ4v) is 2.97. The Balaban J connectivity index is 2.20. The van der Waals surface area contributed by atoms with E-state index in [-0.39, 0.29) is 5.41 Å². The smallest absolute Gasteiger partial charge is 0.102 e. The van der Waals surface area contributed by atoms with Gasteiger partial charge in [-0.3, -0.25) is 0 Å². The van der Waals surface area contributed by atoms with Gasteiger partial charge in [0.05, 0.1) is 4.34 Å². The molecule has 0 aliphatic heterocycles. The minimum atomic E-state index is -0.601. The first-order valence-electron chi connectivity index (χ1n) is 4.00. The molecule has 12 heavy (non-hydrogen) atoms. The lowest BCUT2D eigenvalue weighted by molar-refractivity contribution is 0.111. The third kappa shape index (κ3) is 1.27. The number of thiophene rings is 1. The van der Waals surface area contributed by atoms with Gasteiger partial charge in [0.2, 0.25) is 0 Å². The van der Waals surface area contributed by atoms with Crippen LogP contribution in [0.1, 0.15) is 24.6 Å². The number of rotatable bonds is 1. The maximum atomic E-state index is 12.7. The minimum Gasteiger partial charge on any atom is -0.247 e. The van der Waals surface area contributed by atoms with Gasteiger partial charge in [0.15, 0.2) is 0 Å².